The van der Waals surface area contributed by atoms with E-state index in [1.54, 1.807) is 30.3 Å². The van der Waals surface area contributed by atoms with Gasteiger partial charge in [0.1, 0.15) is 11.8 Å². The monoisotopic (exact) mass is 482 g/mol. The molecule has 0 saturated heterocycles. The number of aromatic nitrogens is 2. The van der Waals surface area contributed by atoms with E-state index in [9.17, 15) is 20.0 Å². The Balaban J connectivity index is 1.63. The van der Waals surface area contributed by atoms with Gasteiger partial charge in [-0.15, -0.1) is 0 Å². The SMILES string of the molecule is Cc1ccc(-n2c(SC/C(O)=C(\C#N)C(=O)NCc3ccccc3)nc3ccccc3c2=O)cc1. The van der Waals surface area contributed by atoms with Crippen molar-refractivity contribution in [2.45, 2.75) is 18.6 Å². The normalized spacial score (nSPS) is 11.5. The van der Waals surface area contributed by atoms with Gasteiger partial charge in [0.05, 0.1) is 22.3 Å². The maximum Gasteiger partial charge on any atom is 0.266 e. The molecule has 0 radical (unpaired) electrons. The maximum atomic E-state index is 13.3. The Bertz CT molecular complexity index is 1500. The molecule has 35 heavy (non-hydrogen) atoms. The van der Waals surface area contributed by atoms with Crippen LogP contribution in [0.3, 0.4) is 0 Å². The fourth-order valence-corrected chi connectivity index (χ4v) is 4.34. The summed E-state index contributed by atoms with van der Waals surface area (Å²) in [6.45, 7) is 2.18. The van der Waals surface area contributed by atoms with E-state index in [2.05, 4.69) is 10.3 Å². The first-order valence-corrected chi connectivity index (χ1v) is 11.8. The van der Waals surface area contributed by atoms with E-state index in [0.717, 1.165) is 22.9 Å². The fourth-order valence-electron chi connectivity index (χ4n) is 3.45. The van der Waals surface area contributed by atoms with Crippen LogP contribution in [0.15, 0.2) is 100 Å². The van der Waals surface area contributed by atoms with E-state index < -0.39 is 5.91 Å². The number of hydrogen-bond acceptors (Lipinski definition) is 6. The third kappa shape index (κ3) is 5.42. The van der Waals surface area contributed by atoms with Crippen molar-refractivity contribution in [2.24, 2.45) is 0 Å². The van der Waals surface area contributed by atoms with Crippen molar-refractivity contribution >= 4 is 28.6 Å². The van der Waals surface area contributed by atoms with Crippen molar-refractivity contribution in [2.75, 3.05) is 5.75 Å². The number of aliphatic hydroxyl groups excluding tert-OH is 1. The number of thioether (sulfide) groups is 1. The molecule has 7 nitrogen and oxygen atoms in total. The maximum absolute atomic E-state index is 13.3. The Morgan fingerprint density at radius 3 is 2.46 bits per heavy atom. The number of hydrogen-bond donors (Lipinski definition) is 2. The summed E-state index contributed by atoms with van der Waals surface area (Å²) in [6.07, 6.45) is 0. The van der Waals surface area contributed by atoms with Gasteiger partial charge in [0, 0.05) is 6.54 Å². The molecule has 0 bridgehead atoms. The molecule has 1 amide bonds. The first-order valence-electron chi connectivity index (χ1n) is 10.8. The average molecular weight is 483 g/mol. The molecule has 8 heteroatoms. The summed E-state index contributed by atoms with van der Waals surface area (Å²) in [4.78, 5) is 30.5. The highest BCUT2D eigenvalue weighted by Crippen LogP contribution is 2.23. The molecule has 0 fully saturated rings. The summed E-state index contributed by atoms with van der Waals surface area (Å²) in [5.41, 5.74) is 2.45. The third-order valence-electron chi connectivity index (χ3n) is 5.30. The minimum atomic E-state index is -0.670. The van der Waals surface area contributed by atoms with Gasteiger partial charge in [-0.2, -0.15) is 5.26 Å². The minimum Gasteiger partial charge on any atom is -0.510 e. The molecule has 0 atom stereocenters. The summed E-state index contributed by atoms with van der Waals surface area (Å²) in [7, 11) is 0. The molecule has 0 aliphatic heterocycles. The van der Waals surface area contributed by atoms with Crippen LogP contribution in [-0.4, -0.2) is 26.3 Å². The van der Waals surface area contributed by atoms with Crippen molar-refractivity contribution in [3.8, 4) is 11.8 Å². The first kappa shape index (κ1) is 23.8. The van der Waals surface area contributed by atoms with Crippen LogP contribution < -0.4 is 10.9 Å². The lowest BCUT2D eigenvalue weighted by Crippen LogP contribution is -2.25. The highest BCUT2D eigenvalue weighted by atomic mass is 32.2. The van der Waals surface area contributed by atoms with E-state index in [4.69, 9.17) is 0 Å². The third-order valence-corrected chi connectivity index (χ3v) is 6.25. The zero-order valence-corrected chi connectivity index (χ0v) is 19.7. The van der Waals surface area contributed by atoms with Crippen LogP contribution in [0.5, 0.6) is 0 Å². The van der Waals surface area contributed by atoms with E-state index in [-0.39, 0.29) is 29.2 Å². The van der Waals surface area contributed by atoms with Gasteiger partial charge >= 0.3 is 0 Å². The van der Waals surface area contributed by atoms with Gasteiger partial charge in [-0.25, -0.2) is 4.98 Å². The second-order valence-electron chi connectivity index (χ2n) is 7.78. The van der Waals surface area contributed by atoms with Crippen LogP contribution in [0.2, 0.25) is 0 Å². The van der Waals surface area contributed by atoms with Gasteiger partial charge in [0.15, 0.2) is 10.7 Å². The van der Waals surface area contributed by atoms with Gasteiger partial charge < -0.3 is 10.4 Å². The summed E-state index contributed by atoms with van der Waals surface area (Å²) in [5, 5.41) is 23.5. The van der Waals surface area contributed by atoms with E-state index in [1.807, 2.05) is 61.5 Å². The molecule has 1 aromatic heterocycles. The predicted molar refractivity (Wildman–Crippen MR) is 136 cm³/mol. The minimum absolute atomic E-state index is 0.113. The molecule has 0 aliphatic carbocycles. The Morgan fingerprint density at radius 1 is 1.06 bits per heavy atom. The number of nitrogens with zero attached hydrogens (tertiary/aromatic N) is 3. The summed E-state index contributed by atoms with van der Waals surface area (Å²) >= 11 is 1.07. The topological polar surface area (TPSA) is 108 Å². The van der Waals surface area contributed by atoms with Gasteiger partial charge in [0.25, 0.3) is 11.5 Å². The lowest BCUT2D eigenvalue weighted by atomic mass is 10.2. The lowest BCUT2D eigenvalue weighted by Gasteiger charge is -2.13. The number of rotatable bonds is 7. The zero-order valence-electron chi connectivity index (χ0n) is 18.9. The van der Waals surface area contributed by atoms with Gasteiger partial charge in [-0.3, -0.25) is 14.2 Å². The summed E-state index contributed by atoms with van der Waals surface area (Å²) < 4.78 is 1.47. The number of carbonyl (C=O) groups is 1. The van der Waals surface area contributed by atoms with Crippen molar-refractivity contribution in [1.29, 1.82) is 5.26 Å². The van der Waals surface area contributed by atoms with E-state index >= 15 is 0 Å². The van der Waals surface area contributed by atoms with Gasteiger partial charge in [-0.05, 0) is 36.8 Å². The highest BCUT2D eigenvalue weighted by molar-refractivity contribution is 7.99. The number of carbonyl (C=O) groups excluding carboxylic acids is 1. The smallest absolute Gasteiger partial charge is 0.266 e. The second kappa shape index (κ2) is 10.7. The summed E-state index contributed by atoms with van der Waals surface area (Å²) in [6, 6.07) is 25.5. The van der Waals surface area contributed by atoms with Crippen molar-refractivity contribution in [3.05, 3.63) is 112 Å². The largest absolute Gasteiger partial charge is 0.510 e. The number of amides is 1. The van der Waals surface area contributed by atoms with Crippen LogP contribution in [0.25, 0.3) is 16.6 Å². The van der Waals surface area contributed by atoms with E-state index in [0.29, 0.717) is 21.7 Å². The van der Waals surface area contributed by atoms with Gasteiger partial charge in [0.2, 0.25) is 0 Å². The van der Waals surface area contributed by atoms with Crippen LogP contribution in [0.1, 0.15) is 11.1 Å². The number of benzene rings is 3. The average Bonchev–Trinajstić information content (AvgIpc) is 2.88. The first-order chi connectivity index (χ1) is 17.0. The lowest BCUT2D eigenvalue weighted by molar-refractivity contribution is -0.117. The molecule has 3 aromatic carbocycles. The fraction of sp³-hybridized carbons (Fsp3) is 0.111. The zero-order chi connectivity index (χ0) is 24.8. The Kier molecular flexibility index (Phi) is 7.29. The molecule has 0 spiro atoms. The molecule has 0 saturated carbocycles. The van der Waals surface area contributed by atoms with Crippen LogP contribution >= 0.6 is 11.8 Å². The molecule has 2 N–H and O–H groups in total. The molecule has 4 aromatic rings. The molecule has 1 heterocycles. The van der Waals surface area contributed by atoms with Crippen molar-refractivity contribution < 1.29 is 9.90 Å². The number of para-hydroxylation sites is 1. The summed E-state index contributed by atoms with van der Waals surface area (Å²) in [5.74, 6) is -1.17. The Hall–Kier alpha value is -4.35. The van der Waals surface area contributed by atoms with E-state index in [1.165, 1.54) is 4.57 Å². The molecule has 0 aliphatic rings. The van der Waals surface area contributed by atoms with Crippen molar-refractivity contribution in [3.63, 3.8) is 0 Å². The standard InChI is InChI=1S/C27H22N4O3S/c1-18-11-13-20(14-12-18)31-26(34)21-9-5-6-10-23(21)30-27(31)35-17-24(32)22(15-28)25(33)29-16-19-7-3-2-4-8-19/h2-14,32H,16-17H2,1H3,(H,29,33)/b24-22-. The molecule has 174 valence electrons. The van der Waals surface area contributed by atoms with Crippen LogP contribution in [0.4, 0.5) is 0 Å². The van der Waals surface area contributed by atoms with Crippen LogP contribution in [0, 0.1) is 18.3 Å². The van der Waals surface area contributed by atoms with Crippen molar-refractivity contribution in [1.82, 2.24) is 14.9 Å². The number of aryl methyl sites for hydroxylation is 1. The molecule has 4 rings (SSSR count). The number of fused-ring (bicyclic) bond motifs is 1. The van der Waals surface area contributed by atoms with Gasteiger partial charge in [-0.1, -0.05) is 71.9 Å². The number of nitriles is 1. The molecule has 0 unspecified atom stereocenters. The quantitative estimate of drug-likeness (QED) is 0.133. The second-order valence-corrected chi connectivity index (χ2v) is 8.72. The predicted octanol–water partition coefficient (Wildman–Crippen LogP) is 4.44. The Morgan fingerprint density at radius 2 is 1.74 bits per heavy atom. The number of nitrogens with one attached hydrogen (secondary N) is 1. The molecular formula is C27H22N4O3S. The van der Waals surface area contributed by atoms with Crippen LogP contribution in [-0.2, 0) is 11.3 Å². The highest BCUT2D eigenvalue weighted by Gasteiger charge is 2.18. The number of aliphatic hydroxyl groups is 1. The molecular weight excluding hydrogens is 460 g/mol. The Labute approximate surface area is 206 Å².